The molecule has 0 saturated heterocycles. The minimum atomic E-state index is -0.00852. The van der Waals surface area contributed by atoms with Gasteiger partial charge in [0.15, 0.2) is 5.69 Å². The second-order valence-electron chi connectivity index (χ2n) is 6.85. The number of hydrogen-bond acceptors (Lipinski definition) is 4. The SMILES string of the molecule is CC1CN(C)c2ccccc2N(C(=O)c2n[nH]c3c2CNCC3)C1. The van der Waals surface area contributed by atoms with Crippen molar-refractivity contribution in [3.8, 4) is 0 Å². The van der Waals surface area contributed by atoms with Crippen molar-refractivity contribution in [3.05, 3.63) is 41.2 Å². The van der Waals surface area contributed by atoms with Crippen LogP contribution in [0.15, 0.2) is 24.3 Å². The molecule has 2 N–H and O–H groups in total. The second-order valence-corrected chi connectivity index (χ2v) is 6.85. The van der Waals surface area contributed by atoms with Crippen molar-refractivity contribution in [2.24, 2.45) is 5.92 Å². The molecule has 24 heavy (non-hydrogen) atoms. The van der Waals surface area contributed by atoms with E-state index < -0.39 is 0 Å². The zero-order valence-corrected chi connectivity index (χ0v) is 14.2. The van der Waals surface area contributed by atoms with Crippen molar-refractivity contribution in [2.75, 3.05) is 36.5 Å². The third-order valence-electron chi connectivity index (χ3n) is 4.92. The predicted molar refractivity (Wildman–Crippen MR) is 94.6 cm³/mol. The molecule has 1 atom stereocenters. The smallest absolute Gasteiger partial charge is 0.279 e. The van der Waals surface area contributed by atoms with Crippen molar-refractivity contribution in [2.45, 2.75) is 19.9 Å². The van der Waals surface area contributed by atoms with Gasteiger partial charge in [-0.15, -0.1) is 0 Å². The van der Waals surface area contributed by atoms with E-state index in [4.69, 9.17) is 0 Å². The van der Waals surface area contributed by atoms with Gasteiger partial charge in [-0.1, -0.05) is 19.1 Å². The average molecular weight is 325 g/mol. The highest BCUT2D eigenvalue weighted by Gasteiger charge is 2.31. The molecule has 1 aromatic carbocycles. The molecule has 2 aromatic rings. The largest absolute Gasteiger partial charge is 0.373 e. The molecule has 2 aliphatic rings. The lowest BCUT2D eigenvalue weighted by Gasteiger charge is -2.24. The Balaban J connectivity index is 1.76. The molecule has 4 rings (SSSR count). The van der Waals surface area contributed by atoms with Crippen LogP contribution in [0.4, 0.5) is 11.4 Å². The number of nitrogens with one attached hydrogen (secondary N) is 2. The number of aromatic nitrogens is 2. The molecule has 2 aliphatic heterocycles. The van der Waals surface area contributed by atoms with E-state index in [1.54, 1.807) is 0 Å². The van der Waals surface area contributed by atoms with Crippen LogP contribution in [0.2, 0.25) is 0 Å². The van der Waals surface area contributed by atoms with Crippen molar-refractivity contribution < 1.29 is 4.79 Å². The van der Waals surface area contributed by atoms with E-state index in [-0.39, 0.29) is 5.91 Å². The summed E-state index contributed by atoms with van der Waals surface area (Å²) in [5.74, 6) is 0.380. The van der Waals surface area contributed by atoms with E-state index in [1.165, 1.54) is 0 Å². The highest BCUT2D eigenvalue weighted by atomic mass is 16.2. The summed E-state index contributed by atoms with van der Waals surface area (Å²) in [5.41, 5.74) is 4.73. The van der Waals surface area contributed by atoms with Crippen LogP contribution >= 0.6 is 0 Å². The quantitative estimate of drug-likeness (QED) is 0.839. The number of benzene rings is 1. The molecule has 0 fully saturated rings. The third-order valence-corrected chi connectivity index (χ3v) is 4.92. The Morgan fingerprint density at radius 1 is 1.25 bits per heavy atom. The Morgan fingerprint density at radius 2 is 2.04 bits per heavy atom. The zero-order valence-electron chi connectivity index (χ0n) is 14.2. The van der Waals surface area contributed by atoms with Gasteiger partial charge in [-0.25, -0.2) is 0 Å². The second kappa shape index (κ2) is 5.94. The molecule has 6 heteroatoms. The van der Waals surface area contributed by atoms with E-state index in [2.05, 4.69) is 40.5 Å². The van der Waals surface area contributed by atoms with Crippen LogP contribution in [-0.4, -0.2) is 42.8 Å². The number of anilines is 2. The molecule has 0 bridgehead atoms. The number of fused-ring (bicyclic) bond motifs is 2. The lowest BCUT2D eigenvalue weighted by molar-refractivity contribution is 0.0978. The molecule has 1 amide bonds. The van der Waals surface area contributed by atoms with Gasteiger partial charge >= 0.3 is 0 Å². The summed E-state index contributed by atoms with van der Waals surface area (Å²) in [6.45, 7) is 5.45. The number of para-hydroxylation sites is 2. The summed E-state index contributed by atoms with van der Waals surface area (Å²) in [6, 6.07) is 8.12. The van der Waals surface area contributed by atoms with Crippen LogP contribution < -0.4 is 15.1 Å². The Labute approximate surface area is 141 Å². The number of carbonyl (C=O) groups is 1. The molecule has 3 heterocycles. The number of hydrogen-bond donors (Lipinski definition) is 2. The fraction of sp³-hybridized carbons (Fsp3) is 0.444. The Morgan fingerprint density at radius 3 is 2.88 bits per heavy atom. The summed E-state index contributed by atoms with van der Waals surface area (Å²) in [6.07, 6.45) is 0.894. The van der Waals surface area contributed by atoms with Crippen LogP contribution in [0.3, 0.4) is 0 Å². The monoisotopic (exact) mass is 325 g/mol. The van der Waals surface area contributed by atoms with Crippen molar-refractivity contribution in [3.63, 3.8) is 0 Å². The maximum Gasteiger partial charge on any atom is 0.279 e. The fourth-order valence-electron chi connectivity index (χ4n) is 3.77. The maximum absolute atomic E-state index is 13.3. The Hall–Kier alpha value is -2.34. The van der Waals surface area contributed by atoms with E-state index in [0.29, 0.717) is 24.7 Å². The molecule has 0 spiro atoms. The lowest BCUT2D eigenvalue weighted by atomic mass is 10.1. The average Bonchev–Trinajstić information content (AvgIpc) is 2.97. The van der Waals surface area contributed by atoms with Gasteiger partial charge < -0.3 is 15.1 Å². The van der Waals surface area contributed by atoms with Gasteiger partial charge in [0.1, 0.15) is 0 Å². The normalized spacial score (nSPS) is 20.3. The van der Waals surface area contributed by atoms with Gasteiger partial charge in [0.2, 0.25) is 0 Å². The molecular weight excluding hydrogens is 302 g/mol. The van der Waals surface area contributed by atoms with E-state index >= 15 is 0 Å². The highest BCUT2D eigenvalue weighted by Crippen LogP contribution is 2.33. The number of carbonyl (C=O) groups excluding carboxylic acids is 1. The fourth-order valence-corrected chi connectivity index (χ4v) is 3.77. The third kappa shape index (κ3) is 2.47. The summed E-state index contributed by atoms with van der Waals surface area (Å²) in [7, 11) is 2.09. The maximum atomic E-state index is 13.3. The van der Waals surface area contributed by atoms with Gasteiger partial charge in [-0.3, -0.25) is 9.89 Å². The van der Waals surface area contributed by atoms with Crippen molar-refractivity contribution >= 4 is 17.3 Å². The Kier molecular flexibility index (Phi) is 3.76. The van der Waals surface area contributed by atoms with Gasteiger partial charge in [0.25, 0.3) is 5.91 Å². The van der Waals surface area contributed by atoms with E-state index in [0.717, 1.165) is 42.1 Å². The first-order chi connectivity index (χ1) is 11.6. The van der Waals surface area contributed by atoms with Crippen molar-refractivity contribution in [1.29, 1.82) is 0 Å². The predicted octanol–water partition coefficient (Wildman–Crippen LogP) is 1.79. The van der Waals surface area contributed by atoms with E-state index in [9.17, 15) is 4.79 Å². The first-order valence-corrected chi connectivity index (χ1v) is 8.54. The molecule has 1 aromatic heterocycles. The molecule has 0 radical (unpaired) electrons. The van der Waals surface area contributed by atoms with Crippen LogP contribution in [0, 0.1) is 5.92 Å². The standard InChI is InChI=1S/C18H23N5O/c1-12-10-22(2)15-5-3-4-6-16(15)23(11-12)18(24)17-13-9-19-8-7-14(13)20-21-17/h3-6,12,19H,7-11H2,1-2H3,(H,20,21). The molecule has 1 unspecified atom stereocenters. The summed E-state index contributed by atoms with van der Waals surface area (Å²) in [5, 5.41) is 10.7. The molecule has 0 saturated carbocycles. The van der Waals surface area contributed by atoms with Crippen LogP contribution in [0.25, 0.3) is 0 Å². The lowest BCUT2D eigenvalue weighted by Crippen LogP contribution is -2.36. The first-order valence-electron chi connectivity index (χ1n) is 8.54. The minimum absolute atomic E-state index is 0.00852. The van der Waals surface area contributed by atoms with Gasteiger partial charge in [-0.05, 0) is 18.1 Å². The zero-order chi connectivity index (χ0) is 16.7. The summed E-state index contributed by atoms with van der Waals surface area (Å²) < 4.78 is 0. The van der Waals surface area contributed by atoms with Gasteiger partial charge in [0.05, 0.1) is 11.4 Å². The number of rotatable bonds is 1. The Bertz CT molecular complexity index is 769. The molecule has 0 aliphatic carbocycles. The molecule has 126 valence electrons. The number of nitrogens with zero attached hydrogens (tertiary/aromatic N) is 3. The summed E-state index contributed by atoms with van der Waals surface area (Å²) in [4.78, 5) is 17.4. The number of H-pyrrole nitrogens is 1. The van der Waals surface area contributed by atoms with Gasteiger partial charge in [-0.2, -0.15) is 5.10 Å². The number of amides is 1. The topological polar surface area (TPSA) is 64.3 Å². The molecular formula is C18H23N5O. The minimum Gasteiger partial charge on any atom is -0.373 e. The number of aromatic amines is 1. The van der Waals surface area contributed by atoms with Crippen LogP contribution in [0.5, 0.6) is 0 Å². The van der Waals surface area contributed by atoms with Crippen LogP contribution in [0.1, 0.15) is 28.7 Å². The first kappa shape index (κ1) is 15.2. The van der Waals surface area contributed by atoms with Crippen molar-refractivity contribution in [1.82, 2.24) is 15.5 Å². The van der Waals surface area contributed by atoms with Gasteiger partial charge in [0, 0.05) is 50.9 Å². The summed E-state index contributed by atoms with van der Waals surface area (Å²) >= 11 is 0. The molecule has 6 nitrogen and oxygen atoms in total. The van der Waals surface area contributed by atoms with E-state index in [1.807, 2.05) is 23.1 Å². The highest BCUT2D eigenvalue weighted by molar-refractivity contribution is 6.07. The van der Waals surface area contributed by atoms with Crippen LogP contribution in [-0.2, 0) is 13.0 Å².